The van der Waals surface area contributed by atoms with E-state index in [-0.39, 0.29) is 5.91 Å². The van der Waals surface area contributed by atoms with E-state index in [1.807, 2.05) is 26.1 Å². The summed E-state index contributed by atoms with van der Waals surface area (Å²) in [6, 6.07) is 5.49. The molecule has 4 nitrogen and oxygen atoms in total. The summed E-state index contributed by atoms with van der Waals surface area (Å²) in [4.78, 5) is 11.7. The largest absolute Gasteiger partial charge is 0.388 e. The van der Waals surface area contributed by atoms with Gasteiger partial charge in [-0.3, -0.25) is 9.00 Å². The van der Waals surface area contributed by atoms with E-state index in [1.165, 1.54) is 0 Å². The Hall–Kier alpha value is -1.36. The lowest BCUT2D eigenvalue weighted by atomic mass is 10.1. The number of rotatable bonds is 5. The summed E-state index contributed by atoms with van der Waals surface area (Å²) in [5.74, 6) is 0.362. The van der Waals surface area contributed by atoms with Gasteiger partial charge in [-0.25, -0.2) is 0 Å². The number of carbonyl (C=O) groups excluding carboxylic acids is 1. The average Bonchev–Trinajstić information content (AvgIpc) is 2.28. The highest BCUT2D eigenvalue weighted by Crippen LogP contribution is 2.15. The molecule has 1 rings (SSSR count). The molecule has 94 valence electrons. The van der Waals surface area contributed by atoms with Crippen LogP contribution >= 0.6 is 0 Å². The van der Waals surface area contributed by atoms with Crippen molar-refractivity contribution in [3.63, 3.8) is 0 Å². The molecule has 0 saturated carbocycles. The molecular weight excluding hydrogens is 236 g/mol. The third-order valence-electron chi connectivity index (χ3n) is 2.43. The maximum absolute atomic E-state index is 11.7. The van der Waals surface area contributed by atoms with Gasteiger partial charge in [-0.05, 0) is 30.7 Å². The van der Waals surface area contributed by atoms with Crippen LogP contribution in [0.25, 0.3) is 0 Å². The standard InChI is InChI=1S/C12H18N2O2S/c1-9-8-10(4-5-11(9)13-2)12(15)14-6-7-17(3)16/h4-5,8,13H,6-7H2,1-3H3,(H,14,15). The van der Waals surface area contributed by atoms with Gasteiger partial charge in [-0.1, -0.05) is 0 Å². The molecule has 1 unspecified atom stereocenters. The average molecular weight is 254 g/mol. The van der Waals surface area contributed by atoms with Crippen molar-refractivity contribution in [1.29, 1.82) is 0 Å². The Kier molecular flexibility index (Phi) is 5.15. The van der Waals surface area contributed by atoms with Crippen molar-refractivity contribution in [2.24, 2.45) is 0 Å². The van der Waals surface area contributed by atoms with Gasteiger partial charge in [-0.2, -0.15) is 0 Å². The molecular formula is C12H18N2O2S. The smallest absolute Gasteiger partial charge is 0.251 e. The topological polar surface area (TPSA) is 58.2 Å². The molecule has 0 heterocycles. The lowest BCUT2D eigenvalue weighted by Gasteiger charge is -2.08. The molecule has 2 N–H and O–H groups in total. The van der Waals surface area contributed by atoms with Crippen molar-refractivity contribution >= 4 is 22.4 Å². The van der Waals surface area contributed by atoms with Gasteiger partial charge in [0.15, 0.2) is 0 Å². The first kappa shape index (κ1) is 13.7. The summed E-state index contributed by atoms with van der Waals surface area (Å²) < 4.78 is 10.9. The fourth-order valence-corrected chi connectivity index (χ4v) is 1.89. The quantitative estimate of drug-likeness (QED) is 0.828. The first-order valence-corrected chi connectivity index (χ1v) is 7.14. The fourth-order valence-electron chi connectivity index (χ4n) is 1.50. The maximum Gasteiger partial charge on any atom is 0.251 e. The van der Waals surface area contributed by atoms with Crippen molar-refractivity contribution in [2.75, 3.05) is 30.9 Å². The number of benzene rings is 1. The van der Waals surface area contributed by atoms with Gasteiger partial charge in [0.1, 0.15) is 0 Å². The van der Waals surface area contributed by atoms with E-state index in [0.29, 0.717) is 17.9 Å². The number of hydrogen-bond acceptors (Lipinski definition) is 3. The van der Waals surface area contributed by atoms with Crippen LogP contribution in [-0.2, 0) is 10.8 Å². The second-order valence-electron chi connectivity index (χ2n) is 3.81. The van der Waals surface area contributed by atoms with Crippen LogP contribution < -0.4 is 10.6 Å². The predicted octanol–water partition coefficient (Wildman–Crippen LogP) is 1.15. The summed E-state index contributed by atoms with van der Waals surface area (Å²) in [7, 11) is 0.973. The van der Waals surface area contributed by atoms with E-state index >= 15 is 0 Å². The third kappa shape index (κ3) is 4.19. The zero-order valence-corrected chi connectivity index (χ0v) is 11.2. The second-order valence-corrected chi connectivity index (χ2v) is 5.37. The normalized spacial score (nSPS) is 11.9. The molecule has 0 aliphatic heterocycles. The summed E-state index contributed by atoms with van der Waals surface area (Å²) in [6.07, 6.45) is 1.62. The van der Waals surface area contributed by atoms with Crippen molar-refractivity contribution in [3.05, 3.63) is 29.3 Å². The fraction of sp³-hybridized carbons (Fsp3) is 0.417. The highest BCUT2D eigenvalue weighted by atomic mass is 32.2. The Labute approximate surface area is 104 Å². The van der Waals surface area contributed by atoms with Gasteiger partial charge in [0.2, 0.25) is 0 Å². The summed E-state index contributed by atoms with van der Waals surface area (Å²) in [5, 5.41) is 5.79. The number of nitrogens with one attached hydrogen (secondary N) is 2. The molecule has 5 heteroatoms. The Balaban J connectivity index is 2.63. The van der Waals surface area contributed by atoms with E-state index in [2.05, 4.69) is 10.6 Å². The molecule has 1 amide bonds. The molecule has 17 heavy (non-hydrogen) atoms. The number of amides is 1. The highest BCUT2D eigenvalue weighted by Gasteiger charge is 2.06. The molecule has 0 saturated heterocycles. The van der Waals surface area contributed by atoms with Gasteiger partial charge >= 0.3 is 0 Å². The first-order chi connectivity index (χ1) is 8.04. The highest BCUT2D eigenvalue weighted by molar-refractivity contribution is 7.84. The molecule has 1 aromatic rings. The lowest BCUT2D eigenvalue weighted by Crippen LogP contribution is -2.27. The molecule has 0 aromatic heterocycles. The minimum atomic E-state index is -0.873. The van der Waals surface area contributed by atoms with E-state index in [9.17, 15) is 9.00 Å². The molecule has 0 fully saturated rings. The van der Waals surface area contributed by atoms with Crippen LogP contribution in [0.15, 0.2) is 18.2 Å². The Morgan fingerprint density at radius 3 is 2.65 bits per heavy atom. The van der Waals surface area contributed by atoms with Gasteiger partial charge in [0.25, 0.3) is 5.91 Å². The number of anilines is 1. The molecule has 0 spiro atoms. The molecule has 0 bridgehead atoms. The zero-order chi connectivity index (χ0) is 12.8. The van der Waals surface area contributed by atoms with Gasteiger partial charge in [0.05, 0.1) is 0 Å². The number of aryl methyl sites for hydroxylation is 1. The van der Waals surface area contributed by atoms with Crippen LogP contribution in [0.1, 0.15) is 15.9 Å². The van der Waals surface area contributed by atoms with Crippen molar-refractivity contribution in [3.8, 4) is 0 Å². The molecule has 1 atom stereocenters. The number of carbonyl (C=O) groups is 1. The van der Waals surface area contributed by atoms with Crippen LogP contribution in [0.4, 0.5) is 5.69 Å². The molecule has 0 aliphatic rings. The van der Waals surface area contributed by atoms with Crippen LogP contribution in [0, 0.1) is 6.92 Å². The van der Waals surface area contributed by atoms with E-state index in [1.54, 1.807) is 12.3 Å². The van der Waals surface area contributed by atoms with Crippen LogP contribution in [0.2, 0.25) is 0 Å². The van der Waals surface area contributed by atoms with Crippen LogP contribution in [0.5, 0.6) is 0 Å². The SMILES string of the molecule is CNc1ccc(C(=O)NCCS(C)=O)cc1C. The van der Waals surface area contributed by atoms with Crippen LogP contribution in [0.3, 0.4) is 0 Å². The van der Waals surface area contributed by atoms with Gasteiger partial charge in [0, 0.05) is 47.7 Å². The Morgan fingerprint density at radius 2 is 2.12 bits per heavy atom. The third-order valence-corrected chi connectivity index (χ3v) is 3.21. The molecule has 1 aromatic carbocycles. The predicted molar refractivity (Wildman–Crippen MR) is 72.0 cm³/mol. The lowest BCUT2D eigenvalue weighted by molar-refractivity contribution is 0.0956. The first-order valence-electron chi connectivity index (χ1n) is 5.41. The van der Waals surface area contributed by atoms with Crippen molar-refractivity contribution in [1.82, 2.24) is 5.32 Å². The van der Waals surface area contributed by atoms with Gasteiger partial charge < -0.3 is 10.6 Å². The monoisotopic (exact) mass is 254 g/mol. The summed E-state index contributed by atoms with van der Waals surface area (Å²) >= 11 is 0. The minimum Gasteiger partial charge on any atom is -0.388 e. The second kappa shape index (κ2) is 6.39. The van der Waals surface area contributed by atoms with E-state index < -0.39 is 10.8 Å². The Bertz CT molecular complexity index is 433. The Morgan fingerprint density at radius 1 is 1.41 bits per heavy atom. The van der Waals surface area contributed by atoms with Crippen molar-refractivity contribution in [2.45, 2.75) is 6.92 Å². The number of hydrogen-bond donors (Lipinski definition) is 2. The summed E-state index contributed by atoms with van der Waals surface area (Å²) in [5.41, 5.74) is 2.67. The van der Waals surface area contributed by atoms with E-state index in [4.69, 9.17) is 0 Å². The minimum absolute atomic E-state index is 0.124. The zero-order valence-electron chi connectivity index (χ0n) is 10.4. The van der Waals surface area contributed by atoms with Gasteiger partial charge in [-0.15, -0.1) is 0 Å². The van der Waals surface area contributed by atoms with E-state index in [0.717, 1.165) is 11.3 Å². The maximum atomic E-state index is 11.7. The summed E-state index contributed by atoms with van der Waals surface area (Å²) in [6.45, 7) is 2.39. The van der Waals surface area contributed by atoms with Crippen LogP contribution in [-0.4, -0.2) is 35.7 Å². The van der Waals surface area contributed by atoms with Crippen molar-refractivity contribution < 1.29 is 9.00 Å². The molecule has 0 radical (unpaired) electrons. The molecule has 0 aliphatic carbocycles.